The van der Waals surface area contributed by atoms with Crippen LogP contribution in [0.25, 0.3) is 6.08 Å². The molecule has 0 saturated carbocycles. The molecule has 0 radical (unpaired) electrons. The predicted octanol–water partition coefficient (Wildman–Crippen LogP) is 1.47. The molecule has 1 aromatic rings. The highest BCUT2D eigenvalue weighted by Crippen LogP contribution is 2.35. The SMILES string of the molecule is COCC(C)(CC(=O)O)NC(=O)C1=Cc2cccc(OC)c2OC1. The van der Waals surface area contributed by atoms with Crippen molar-refractivity contribution in [1.82, 2.24) is 5.32 Å². The molecule has 1 aliphatic heterocycles. The quantitative estimate of drug-likeness (QED) is 0.784. The summed E-state index contributed by atoms with van der Waals surface area (Å²) in [5, 5.41) is 11.8. The van der Waals surface area contributed by atoms with E-state index in [-0.39, 0.29) is 25.5 Å². The number of aliphatic carboxylic acids is 1. The first-order valence-corrected chi connectivity index (χ1v) is 7.42. The van der Waals surface area contributed by atoms with Crippen LogP contribution in [0.1, 0.15) is 18.9 Å². The number of hydrogen-bond donors (Lipinski definition) is 2. The minimum absolute atomic E-state index is 0.0787. The van der Waals surface area contributed by atoms with Gasteiger partial charge in [0.15, 0.2) is 11.5 Å². The number of benzene rings is 1. The normalized spacial score (nSPS) is 15.4. The summed E-state index contributed by atoms with van der Waals surface area (Å²) in [7, 11) is 3.00. The Morgan fingerprint density at radius 2 is 2.12 bits per heavy atom. The van der Waals surface area contributed by atoms with E-state index in [1.165, 1.54) is 7.11 Å². The van der Waals surface area contributed by atoms with Crippen molar-refractivity contribution in [2.75, 3.05) is 27.4 Å². The Balaban J connectivity index is 2.20. The molecule has 0 saturated heterocycles. The van der Waals surface area contributed by atoms with Crippen LogP contribution in [0.5, 0.6) is 11.5 Å². The van der Waals surface area contributed by atoms with Gasteiger partial charge in [0.25, 0.3) is 5.91 Å². The van der Waals surface area contributed by atoms with Crippen molar-refractivity contribution in [2.45, 2.75) is 18.9 Å². The number of carbonyl (C=O) groups is 2. The molecule has 1 amide bonds. The van der Waals surface area contributed by atoms with Gasteiger partial charge in [0.05, 0.1) is 31.2 Å². The van der Waals surface area contributed by atoms with Crippen LogP contribution in [0.3, 0.4) is 0 Å². The molecule has 24 heavy (non-hydrogen) atoms. The van der Waals surface area contributed by atoms with Gasteiger partial charge in [-0.1, -0.05) is 12.1 Å². The monoisotopic (exact) mass is 335 g/mol. The number of carbonyl (C=O) groups excluding carboxylic acids is 1. The third kappa shape index (κ3) is 4.05. The second kappa shape index (κ2) is 7.35. The lowest BCUT2D eigenvalue weighted by atomic mass is 9.97. The Labute approximate surface area is 140 Å². The number of ether oxygens (including phenoxy) is 3. The van der Waals surface area contributed by atoms with Crippen molar-refractivity contribution < 1.29 is 28.9 Å². The number of rotatable bonds is 7. The van der Waals surface area contributed by atoms with Crippen molar-refractivity contribution in [3.8, 4) is 11.5 Å². The van der Waals surface area contributed by atoms with Crippen molar-refractivity contribution in [3.63, 3.8) is 0 Å². The van der Waals surface area contributed by atoms with Gasteiger partial charge in [-0.25, -0.2) is 0 Å². The summed E-state index contributed by atoms with van der Waals surface area (Å²) >= 11 is 0. The van der Waals surface area contributed by atoms with Crippen molar-refractivity contribution >= 4 is 18.0 Å². The van der Waals surface area contributed by atoms with Gasteiger partial charge in [0.2, 0.25) is 0 Å². The molecule has 0 fully saturated rings. The first kappa shape index (κ1) is 17.8. The van der Waals surface area contributed by atoms with Crippen LogP contribution in [0, 0.1) is 0 Å². The highest BCUT2D eigenvalue weighted by molar-refractivity contribution is 6.00. The van der Waals surface area contributed by atoms with E-state index < -0.39 is 11.5 Å². The maximum Gasteiger partial charge on any atom is 0.305 e. The van der Waals surface area contributed by atoms with E-state index in [1.807, 2.05) is 6.07 Å². The van der Waals surface area contributed by atoms with Crippen molar-refractivity contribution in [1.29, 1.82) is 0 Å². The molecule has 0 aliphatic carbocycles. The van der Waals surface area contributed by atoms with Gasteiger partial charge < -0.3 is 24.6 Å². The van der Waals surface area contributed by atoms with Gasteiger partial charge in [-0.2, -0.15) is 0 Å². The summed E-state index contributed by atoms with van der Waals surface area (Å²) in [6.07, 6.45) is 1.47. The van der Waals surface area contributed by atoms with Crippen molar-refractivity contribution in [3.05, 3.63) is 29.3 Å². The van der Waals surface area contributed by atoms with Gasteiger partial charge in [-0.3, -0.25) is 9.59 Å². The molecule has 1 atom stereocenters. The molecule has 7 nitrogen and oxygen atoms in total. The second-order valence-electron chi connectivity index (χ2n) is 5.86. The fraction of sp³-hybridized carbons (Fsp3) is 0.412. The molecule has 0 spiro atoms. The molecule has 2 N–H and O–H groups in total. The zero-order valence-electron chi connectivity index (χ0n) is 13.9. The lowest BCUT2D eigenvalue weighted by Crippen LogP contribution is -2.51. The van der Waals surface area contributed by atoms with E-state index in [1.54, 1.807) is 32.2 Å². The maximum atomic E-state index is 12.5. The van der Waals surface area contributed by atoms with Crippen LogP contribution in [-0.4, -0.2) is 50.0 Å². The topological polar surface area (TPSA) is 94.1 Å². The molecule has 1 aliphatic rings. The van der Waals surface area contributed by atoms with Crippen LogP contribution in [0.2, 0.25) is 0 Å². The second-order valence-corrected chi connectivity index (χ2v) is 5.86. The number of methoxy groups -OCH3 is 2. The van der Waals surface area contributed by atoms with E-state index in [2.05, 4.69) is 5.32 Å². The summed E-state index contributed by atoms with van der Waals surface area (Å²) in [5.74, 6) is -0.219. The zero-order chi connectivity index (χ0) is 17.7. The fourth-order valence-electron chi connectivity index (χ4n) is 2.61. The summed E-state index contributed by atoms with van der Waals surface area (Å²) in [4.78, 5) is 23.5. The molecular formula is C17H21NO6. The Morgan fingerprint density at radius 1 is 1.38 bits per heavy atom. The van der Waals surface area contributed by atoms with Gasteiger partial charge >= 0.3 is 5.97 Å². The summed E-state index contributed by atoms with van der Waals surface area (Å²) in [5.41, 5.74) is 0.133. The van der Waals surface area contributed by atoms with Gasteiger partial charge in [0, 0.05) is 12.7 Å². The Bertz CT molecular complexity index is 669. The zero-order valence-corrected chi connectivity index (χ0v) is 13.9. The predicted molar refractivity (Wildman–Crippen MR) is 87.1 cm³/mol. The van der Waals surface area contributed by atoms with Gasteiger partial charge in [-0.15, -0.1) is 0 Å². The molecule has 7 heteroatoms. The van der Waals surface area contributed by atoms with Gasteiger partial charge in [-0.05, 0) is 19.1 Å². The summed E-state index contributed by atoms with van der Waals surface area (Å²) in [6, 6.07) is 5.40. The van der Waals surface area contributed by atoms with Crippen LogP contribution < -0.4 is 14.8 Å². The molecule has 2 rings (SSSR count). The molecule has 1 heterocycles. The average molecular weight is 335 g/mol. The first-order chi connectivity index (χ1) is 11.4. The van der Waals surface area contributed by atoms with Crippen molar-refractivity contribution in [2.24, 2.45) is 0 Å². The minimum atomic E-state index is -1.01. The molecule has 1 aromatic carbocycles. The van der Waals surface area contributed by atoms with E-state index in [0.717, 1.165) is 5.56 Å². The Hall–Kier alpha value is -2.54. The minimum Gasteiger partial charge on any atom is -0.493 e. The first-order valence-electron chi connectivity index (χ1n) is 7.42. The molecule has 0 aromatic heterocycles. The lowest BCUT2D eigenvalue weighted by molar-refractivity contribution is -0.139. The number of carboxylic acid groups (broad SMARTS) is 1. The Kier molecular flexibility index (Phi) is 5.46. The number of nitrogens with one attached hydrogen (secondary N) is 1. The highest BCUT2D eigenvalue weighted by atomic mass is 16.5. The van der Waals surface area contributed by atoms with E-state index in [0.29, 0.717) is 17.1 Å². The van der Waals surface area contributed by atoms with Gasteiger partial charge in [0.1, 0.15) is 6.61 Å². The molecule has 130 valence electrons. The van der Waals surface area contributed by atoms with Crippen LogP contribution in [0.4, 0.5) is 0 Å². The Morgan fingerprint density at radius 3 is 2.75 bits per heavy atom. The summed E-state index contributed by atoms with van der Waals surface area (Å²) < 4.78 is 15.9. The number of amides is 1. The summed E-state index contributed by atoms with van der Waals surface area (Å²) in [6.45, 7) is 1.79. The van der Waals surface area contributed by atoms with E-state index >= 15 is 0 Å². The van der Waals surface area contributed by atoms with Crippen LogP contribution in [-0.2, 0) is 14.3 Å². The van der Waals surface area contributed by atoms with Crippen LogP contribution >= 0.6 is 0 Å². The third-order valence-corrected chi connectivity index (χ3v) is 3.64. The van der Waals surface area contributed by atoms with E-state index in [4.69, 9.17) is 19.3 Å². The third-order valence-electron chi connectivity index (χ3n) is 3.64. The fourth-order valence-corrected chi connectivity index (χ4v) is 2.61. The lowest BCUT2D eigenvalue weighted by Gasteiger charge is -2.29. The standard InChI is InChI=1S/C17H21NO6/c1-17(10-22-2,8-14(19)20)18-16(21)12-7-11-5-4-6-13(23-3)15(11)24-9-12/h4-7H,8-10H2,1-3H3,(H,18,21)(H,19,20). The number of hydrogen-bond acceptors (Lipinski definition) is 5. The molecule has 1 unspecified atom stereocenters. The maximum absolute atomic E-state index is 12.5. The number of para-hydroxylation sites is 1. The smallest absolute Gasteiger partial charge is 0.305 e. The van der Waals surface area contributed by atoms with Crippen LogP contribution in [0.15, 0.2) is 23.8 Å². The number of carboxylic acids is 1. The molecular weight excluding hydrogens is 314 g/mol. The average Bonchev–Trinajstić information content (AvgIpc) is 2.52. The van der Waals surface area contributed by atoms with E-state index in [9.17, 15) is 9.59 Å². The molecule has 0 bridgehead atoms. The largest absolute Gasteiger partial charge is 0.493 e. The number of fused-ring (bicyclic) bond motifs is 1. The highest BCUT2D eigenvalue weighted by Gasteiger charge is 2.31.